The van der Waals surface area contributed by atoms with Crippen molar-refractivity contribution in [3.05, 3.63) is 72.4 Å². The third-order valence-electron chi connectivity index (χ3n) is 6.32. The van der Waals surface area contributed by atoms with Crippen LogP contribution in [0.1, 0.15) is 12.0 Å². The van der Waals surface area contributed by atoms with Crippen molar-refractivity contribution < 1.29 is 19.1 Å². The fraction of sp³-hybridized carbons (Fsp3) is 0.310. The second kappa shape index (κ2) is 12.3. The highest BCUT2D eigenvalue weighted by molar-refractivity contribution is 6.10. The Morgan fingerprint density at radius 3 is 2.56 bits per heavy atom. The van der Waals surface area contributed by atoms with E-state index in [1.807, 2.05) is 59.3 Å². The Bertz CT molecular complexity index is 1250. The first-order valence-corrected chi connectivity index (χ1v) is 12.2. The van der Waals surface area contributed by atoms with Crippen molar-refractivity contribution >= 4 is 34.7 Å². The second-order valence-electron chi connectivity index (χ2n) is 8.94. The molecule has 1 fully saturated rings. The minimum Gasteiger partial charge on any atom is -0.496 e. The van der Waals surface area contributed by atoms with Gasteiger partial charge in [0.15, 0.2) is 11.6 Å². The number of benzene rings is 2. The van der Waals surface area contributed by atoms with E-state index < -0.39 is 0 Å². The number of piperazine rings is 1. The van der Waals surface area contributed by atoms with Crippen LogP contribution in [0, 0.1) is 0 Å². The number of rotatable bonds is 11. The van der Waals surface area contributed by atoms with Gasteiger partial charge in [0, 0.05) is 56.8 Å². The topological polar surface area (TPSA) is 64.0 Å². The first-order chi connectivity index (χ1) is 17.5. The molecule has 36 heavy (non-hydrogen) atoms. The Hall–Kier alpha value is -3.68. The molecule has 1 aromatic heterocycles. The summed E-state index contributed by atoms with van der Waals surface area (Å²) in [7, 11) is 3.73. The van der Waals surface area contributed by atoms with Gasteiger partial charge < -0.3 is 18.9 Å². The lowest BCUT2D eigenvalue weighted by Crippen LogP contribution is -2.45. The van der Waals surface area contributed by atoms with Gasteiger partial charge in [-0.2, -0.15) is 0 Å². The van der Waals surface area contributed by atoms with Crippen LogP contribution in [0.4, 0.5) is 0 Å². The normalized spacial score (nSPS) is 15.2. The first kappa shape index (κ1) is 25.4. The molecule has 2 aromatic carbocycles. The Morgan fingerprint density at radius 2 is 1.75 bits per heavy atom. The van der Waals surface area contributed by atoms with Crippen molar-refractivity contribution in [3.8, 4) is 11.5 Å². The Labute approximate surface area is 212 Å². The maximum atomic E-state index is 12.4. The van der Waals surface area contributed by atoms with Crippen molar-refractivity contribution in [3.63, 3.8) is 0 Å². The van der Waals surface area contributed by atoms with Gasteiger partial charge in [0.2, 0.25) is 0 Å². The monoisotopic (exact) mass is 487 g/mol. The molecule has 0 radical (unpaired) electrons. The minimum absolute atomic E-state index is 0.192. The van der Waals surface area contributed by atoms with Crippen molar-refractivity contribution in [1.82, 2.24) is 14.4 Å². The van der Waals surface area contributed by atoms with E-state index >= 15 is 0 Å². The summed E-state index contributed by atoms with van der Waals surface area (Å²) in [5.74, 6) is 0.819. The van der Waals surface area contributed by atoms with Gasteiger partial charge in [0.05, 0.1) is 19.0 Å². The van der Waals surface area contributed by atoms with Gasteiger partial charge in [-0.15, -0.1) is 0 Å². The third kappa shape index (κ3) is 6.93. The molecule has 0 aliphatic carbocycles. The van der Waals surface area contributed by atoms with Crippen LogP contribution < -0.4 is 9.47 Å². The highest BCUT2D eigenvalue weighted by Crippen LogP contribution is 2.26. The molecule has 0 unspecified atom stereocenters. The summed E-state index contributed by atoms with van der Waals surface area (Å²) < 4.78 is 13.3. The molecule has 0 N–H and O–H groups in total. The maximum absolute atomic E-state index is 12.4. The van der Waals surface area contributed by atoms with Crippen LogP contribution in [0.3, 0.4) is 0 Å². The molecule has 0 spiro atoms. The molecular weight excluding hydrogens is 454 g/mol. The number of likely N-dealkylation sites (N-methyl/N-ethyl adjacent to an activating group) is 1. The van der Waals surface area contributed by atoms with Gasteiger partial charge in [-0.3, -0.25) is 14.5 Å². The number of carbonyl (C=O) groups is 2. The predicted molar refractivity (Wildman–Crippen MR) is 143 cm³/mol. The molecule has 1 aliphatic heterocycles. The van der Waals surface area contributed by atoms with Crippen molar-refractivity contribution in [2.75, 3.05) is 53.5 Å². The minimum atomic E-state index is -0.267. The van der Waals surface area contributed by atoms with E-state index in [1.54, 1.807) is 19.4 Å². The third-order valence-corrected chi connectivity index (χ3v) is 6.32. The molecule has 4 rings (SSSR count). The van der Waals surface area contributed by atoms with E-state index in [0.717, 1.165) is 54.9 Å². The molecule has 0 bridgehead atoms. The summed E-state index contributed by atoms with van der Waals surface area (Å²) in [5, 5.41) is 1.09. The lowest BCUT2D eigenvalue weighted by Gasteiger charge is -2.32. The number of nitrogens with zero attached hydrogens (tertiary/aromatic N) is 3. The molecule has 0 atom stereocenters. The second-order valence-corrected chi connectivity index (χ2v) is 8.94. The SMILES string of the molecule is COc1cc(OCCN2CCN(C)CC2)ccc1/C=C/C(=O)CC(=O)/C=C/n1ccc2ccccc21. The van der Waals surface area contributed by atoms with E-state index in [4.69, 9.17) is 9.47 Å². The average Bonchev–Trinajstić information content (AvgIpc) is 3.31. The van der Waals surface area contributed by atoms with Crippen molar-refractivity contribution in [2.24, 2.45) is 0 Å². The van der Waals surface area contributed by atoms with Gasteiger partial charge in [0.1, 0.15) is 18.1 Å². The standard InChI is InChI=1S/C29H33N3O4/c1-30-15-17-31(18-16-30)19-20-36-27-10-8-24(29(22-27)35-2)7-9-25(33)21-26(34)12-14-32-13-11-23-5-3-4-6-28(23)32/h3-14,22H,15-21H2,1-2H3/b9-7+,14-12+. The summed E-state index contributed by atoms with van der Waals surface area (Å²) in [5.41, 5.74) is 1.76. The number of para-hydroxylation sites is 1. The van der Waals surface area contributed by atoms with Gasteiger partial charge in [-0.25, -0.2) is 0 Å². The molecule has 7 heteroatoms. The zero-order valence-corrected chi connectivity index (χ0v) is 20.9. The summed E-state index contributed by atoms with van der Waals surface area (Å²) in [4.78, 5) is 29.4. The number of carbonyl (C=O) groups excluding carboxylic acids is 2. The Balaban J connectivity index is 1.27. The largest absolute Gasteiger partial charge is 0.496 e. The first-order valence-electron chi connectivity index (χ1n) is 12.2. The molecule has 188 valence electrons. The fourth-order valence-corrected chi connectivity index (χ4v) is 4.15. The van der Waals surface area contributed by atoms with Gasteiger partial charge >= 0.3 is 0 Å². The van der Waals surface area contributed by atoms with Crippen LogP contribution in [-0.4, -0.2) is 79.4 Å². The molecule has 0 saturated carbocycles. The lowest BCUT2D eigenvalue weighted by molar-refractivity contribution is -0.121. The van der Waals surface area contributed by atoms with E-state index in [1.165, 1.54) is 12.2 Å². The van der Waals surface area contributed by atoms with E-state index in [2.05, 4.69) is 16.8 Å². The molecule has 7 nitrogen and oxygen atoms in total. The van der Waals surface area contributed by atoms with Gasteiger partial charge in [-0.05, 0) is 54.9 Å². The van der Waals surface area contributed by atoms with E-state index in [0.29, 0.717) is 12.4 Å². The Kier molecular flexibility index (Phi) is 8.71. The van der Waals surface area contributed by atoms with Crippen molar-refractivity contribution in [2.45, 2.75) is 6.42 Å². The maximum Gasteiger partial charge on any atom is 0.164 e. The smallest absolute Gasteiger partial charge is 0.164 e. The van der Waals surface area contributed by atoms with Crippen LogP contribution in [-0.2, 0) is 9.59 Å². The van der Waals surface area contributed by atoms with Crippen LogP contribution in [0.15, 0.2) is 66.9 Å². The van der Waals surface area contributed by atoms with Crippen LogP contribution >= 0.6 is 0 Å². The molecule has 3 aromatic rings. The number of methoxy groups -OCH3 is 1. The zero-order valence-electron chi connectivity index (χ0n) is 20.9. The zero-order chi connectivity index (χ0) is 25.3. The highest BCUT2D eigenvalue weighted by atomic mass is 16.5. The molecular formula is C29H33N3O4. The molecule has 1 aliphatic rings. The quantitative estimate of drug-likeness (QED) is 0.301. The average molecular weight is 488 g/mol. The number of hydrogen-bond acceptors (Lipinski definition) is 6. The van der Waals surface area contributed by atoms with E-state index in [9.17, 15) is 9.59 Å². The molecule has 0 amide bonds. The highest BCUT2D eigenvalue weighted by Gasteiger charge is 2.13. The van der Waals surface area contributed by atoms with Crippen LogP contribution in [0.25, 0.3) is 23.2 Å². The Morgan fingerprint density at radius 1 is 0.972 bits per heavy atom. The number of fused-ring (bicyclic) bond motifs is 1. The van der Waals surface area contributed by atoms with Gasteiger partial charge in [-0.1, -0.05) is 18.2 Å². The summed E-state index contributed by atoms with van der Waals surface area (Å²) in [6, 6.07) is 15.4. The predicted octanol–water partition coefficient (Wildman–Crippen LogP) is 3.99. The number of hydrogen-bond donors (Lipinski definition) is 0. The summed E-state index contributed by atoms with van der Waals surface area (Å²) in [6.45, 7) is 5.77. The van der Waals surface area contributed by atoms with Crippen LogP contribution in [0.2, 0.25) is 0 Å². The van der Waals surface area contributed by atoms with Crippen molar-refractivity contribution in [1.29, 1.82) is 0 Å². The molecule has 1 saturated heterocycles. The molecule has 2 heterocycles. The van der Waals surface area contributed by atoms with Gasteiger partial charge in [0.25, 0.3) is 0 Å². The summed E-state index contributed by atoms with van der Waals surface area (Å²) in [6.07, 6.45) is 7.92. The van der Waals surface area contributed by atoms with E-state index in [-0.39, 0.29) is 18.0 Å². The number of allylic oxidation sites excluding steroid dienone is 2. The lowest BCUT2D eigenvalue weighted by atomic mass is 10.1. The number of ether oxygens (including phenoxy) is 2. The number of ketones is 2. The number of aromatic nitrogens is 1. The fourth-order valence-electron chi connectivity index (χ4n) is 4.15. The van der Waals surface area contributed by atoms with Crippen LogP contribution in [0.5, 0.6) is 11.5 Å². The summed E-state index contributed by atoms with van der Waals surface area (Å²) >= 11 is 0.